The van der Waals surface area contributed by atoms with E-state index in [0.717, 1.165) is 27.9 Å². The van der Waals surface area contributed by atoms with Gasteiger partial charge in [0.15, 0.2) is 0 Å². The fourth-order valence-corrected chi connectivity index (χ4v) is 7.93. The lowest BCUT2D eigenvalue weighted by molar-refractivity contribution is -0.117. The topological polar surface area (TPSA) is 137 Å². The Morgan fingerprint density at radius 3 is 2.00 bits per heavy atom. The molecule has 1 aliphatic rings. The zero-order valence-electron chi connectivity index (χ0n) is 27.9. The number of piperidine rings is 1. The van der Waals surface area contributed by atoms with Gasteiger partial charge in [-0.3, -0.25) is 19.2 Å². The quantitative estimate of drug-likeness (QED) is 0.188. The van der Waals surface area contributed by atoms with Crippen LogP contribution in [0.5, 0.6) is 0 Å². The molecule has 0 saturated carbocycles. The number of fused-ring (bicyclic) bond motifs is 1. The third kappa shape index (κ3) is 7.51. The highest BCUT2D eigenvalue weighted by molar-refractivity contribution is 7.90. The zero-order chi connectivity index (χ0) is 35.3. The summed E-state index contributed by atoms with van der Waals surface area (Å²) >= 11 is 0. The van der Waals surface area contributed by atoms with Crippen molar-refractivity contribution in [2.24, 2.45) is 5.73 Å². The van der Waals surface area contributed by atoms with Crippen molar-refractivity contribution in [1.82, 2.24) is 18.3 Å². The molecule has 11 nitrogen and oxygen atoms in total. The maximum absolute atomic E-state index is 14.2. The van der Waals surface area contributed by atoms with Gasteiger partial charge in [0.1, 0.15) is 12.8 Å². The number of hydrogen-bond donors (Lipinski definition) is 1. The summed E-state index contributed by atoms with van der Waals surface area (Å²) in [5, 5.41) is 0. The van der Waals surface area contributed by atoms with E-state index in [0.29, 0.717) is 37.1 Å². The van der Waals surface area contributed by atoms with Crippen LogP contribution >= 0.6 is 0 Å². The van der Waals surface area contributed by atoms with E-state index in [2.05, 4.69) is 29.2 Å². The van der Waals surface area contributed by atoms with Crippen molar-refractivity contribution in [3.8, 4) is 0 Å². The number of carbonyl (C=O) groups excluding carboxylic acids is 2. The molecule has 0 radical (unpaired) electrons. The molecule has 0 spiro atoms. The predicted octanol–water partition coefficient (Wildman–Crippen LogP) is 5.28. The highest BCUT2D eigenvalue weighted by Gasteiger charge is 2.35. The lowest BCUT2D eigenvalue weighted by Gasteiger charge is -2.36. The first-order valence-corrected chi connectivity index (χ1v) is 18.2. The van der Waals surface area contributed by atoms with Gasteiger partial charge in [0, 0.05) is 25.7 Å². The molecule has 260 valence electrons. The standard InChI is InChI=1S/C38H41N5O6S/c1-28(40(25-30-12-4-2-5-13-30)26-31-14-6-3-7-15-31)27-49-38(46)41-23-11-10-18-36(41)42-33-16-8-9-17-34(33)43(37(42)45)50(47,48)32-21-19-29(20-22-32)24-35(39)44/h2-9,12-17,19-22,28,36H,10-11,18,23-27H2,1H3,(H2,39,44). The molecule has 50 heavy (non-hydrogen) atoms. The van der Waals surface area contributed by atoms with Crippen LogP contribution in [-0.2, 0) is 39.1 Å². The van der Waals surface area contributed by atoms with E-state index in [-0.39, 0.29) is 29.5 Å². The summed E-state index contributed by atoms with van der Waals surface area (Å²) in [6.07, 6.45) is 0.574. The molecule has 0 aliphatic carbocycles. The van der Waals surface area contributed by atoms with E-state index in [1.165, 1.54) is 28.8 Å². The smallest absolute Gasteiger partial charge is 0.411 e. The summed E-state index contributed by atoms with van der Waals surface area (Å²) in [6.45, 7) is 3.83. The third-order valence-corrected chi connectivity index (χ3v) is 10.8. The molecule has 2 N–H and O–H groups in total. The monoisotopic (exact) mass is 695 g/mol. The molecule has 4 aromatic carbocycles. The predicted molar refractivity (Wildman–Crippen MR) is 191 cm³/mol. The van der Waals surface area contributed by atoms with Gasteiger partial charge in [0.05, 0.1) is 22.3 Å². The van der Waals surface area contributed by atoms with Gasteiger partial charge in [-0.15, -0.1) is 0 Å². The summed E-state index contributed by atoms with van der Waals surface area (Å²) in [5.41, 5.74) is 7.94. The summed E-state index contributed by atoms with van der Waals surface area (Å²) in [7, 11) is -4.35. The minimum atomic E-state index is -4.35. The van der Waals surface area contributed by atoms with Crippen molar-refractivity contribution in [3.05, 3.63) is 136 Å². The number of nitrogens with two attached hydrogens (primary N) is 1. The molecule has 0 bridgehead atoms. The van der Waals surface area contributed by atoms with Gasteiger partial charge in [-0.2, -0.15) is 3.97 Å². The Morgan fingerprint density at radius 1 is 0.820 bits per heavy atom. The Labute approximate surface area is 291 Å². The van der Waals surface area contributed by atoms with Gasteiger partial charge in [0.25, 0.3) is 10.0 Å². The Morgan fingerprint density at radius 2 is 1.40 bits per heavy atom. The van der Waals surface area contributed by atoms with E-state index in [1.807, 2.05) is 43.3 Å². The van der Waals surface area contributed by atoms with Crippen molar-refractivity contribution in [2.45, 2.75) is 62.8 Å². The highest BCUT2D eigenvalue weighted by atomic mass is 32.2. The number of imidazole rings is 1. The number of rotatable bonds is 12. The van der Waals surface area contributed by atoms with E-state index in [9.17, 15) is 22.8 Å². The van der Waals surface area contributed by atoms with Crippen LogP contribution in [0.15, 0.2) is 119 Å². The molecule has 1 aliphatic heterocycles. The van der Waals surface area contributed by atoms with E-state index < -0.39 is 33.9 Å². The van der Waals surface area contributed by atoms with Crippen molar-refractivity contribution in [1.29, 1.82) is 0 Å². The number of hydrogen-bond acceptors (Lipinski definition) is 7. The molecular weight excluding hydrogens is 655 g/mol. The van der Waals surface area contributed by atoms with Gasteiger partial charge in [-0.05, 0) is 67.1 Å². The van der Waals surface area contributed by atoms with Crippen LogP contribution in [0.1, 0.15) is 49.0 Å². The number of para-hydroxylation sites is 2. The molecule has 2 atom stereocenters. The maximum Gasteiger partial charge on any atom is 0.411 e. The van der Waals surface area contributed by atoms with Crippen LogP contribution in [0, 0.1) is 0 Å². The van der Waals surface area contributed by atoms with Gasteiger partial charge in [-0.25, -0.2) is 18.0 Å². The fourth-order valence-electron chi connectivity index (χ4n) is 6.53. The van der Waals surface area contributed by atoms with Crippen molar-refractivity contribution in [2.75, 3.05) is 13.2 Å². The lowest BCUT2D eigenvalue weighted by atomic mass is 10.1. The number of aromatic nitrogens is 2. The molecule has 2 unspecified atom stereocenters. The number of nitrogens with zero attached hydrogens (tertiary/aromatic N) is 4. The van der Waals surface area contributed by atoms with Gasteiger partial charge < -0.3 is 10.5 Å². The minimum Gasteiger partial charge on any atom is -0.448 e. The molecule has 6 rings (SSSR count). The molecule has 2 amide bonds. The van der Waals surface area contributed by atoms with Gasteiger partial charge >= 0.3 is 11.8 Å². The molecular formula is C38H41N5O6S. The van der Waals surface area contributed by atoms with E-state index in [4.69, 9.17) is 10.5 Å². The SMILES string of the molecule is CC(COC(=O)N1CCCCC1n1c(=O)n(S(=O)(=O)c2ccc(CC(N)=O)cc2)c2ccccc21)N(Cc1ccccc1)Cc1ccccc1. The van der Waals surface area contributed by atoms with Crippen LogP contribution in [0.3, 0.4) is 0 Å². The Balaban J connectivity index is 1.26. The summed E-state index contributed by atoms with van der Waals surface area (Å²) < 4.78 is 36.1. The molecule has 1 fully saturated rings. The minimum absolute atomic E-state index is 0.0376. The van der Waals surface area contributed by atoms with Gasteiger partial charge in [-0.1, -0.05) is 84.9 Å². The third-order valence-electron chi connectivity index (χ3n) is 9.11. The molecule has 1 saturated heterocycles. The first-order chi connectivity index (χ1) is 24.1. The lowest BCUT2D eigenvalue weighted by Crippen LogP contribution is -2.46. The number of carbonyl (C=O) groups is 2. The second-order valence-corrected chi connectivity index (χ2v) is 14.5. The molecule has 5 aromatic rings. The number of ether oxygens (including phenoxy) is 1. The van der Waals surface area contributed by atoms with Gasteiger partial charge in [0.2, 0.25) is 5.91 Å². The average molecular weight is 696 g/mol. The van der Waals surface area contributed by atoms with Crippen molar-refractivity contribution < 1.29 is 22.7 Å². The number of primary amides is 1. The Hall–Kier alpha value is -5.20. The van der Waals surface area contributed by atoms with Crippen LogP contribution in [0.25, 0.3) is 11.0 Å². The maximum atomic E-state index is 14.2. The largest absolute Gasteiger partial charge is 0.448 e. The first kappa shape index (κ1) is 34.7. The van der Waals surface area contributed by atoms with Crippen molar-refractivity contribution in [3.63, 3.8) is 0 Å². The Kier molecular flexibility index (Phi) is 10.5. The number of likely N-dealkylation sites (tertiary alicyclic amines) is 1. The number of amides is 2. The Bertz CT molecular complexity index is 2070. The molecule has 12 heteroatoms. The summed E-state index contributed by atoms with van der Waals surface area (Å²) in [6, 6.07) is 32.5. The summed E-state index contributed by atoms with van der Waals surface area (Å²) in [5.74, 6) is -0.540. The van der Waals surface area contributed by atoms with Crippen LogP contribution < -0.4 is 11.4 Å². The fraction of sp³-hybridized carbons (Fsp3) is 0.289. The second-order valence-electron chi connectivity index (χ2n) is 12.7. The van der Waals surface area contributed by atoms with Crippen LogP contribution in [0.2, 0.25) is 0 Å². The van der Waals surface area contributed by atoms with Crippen LogP contribution in [-0.4, -0.2) is 58.0 Å². The number of benzene rings is 4. The average Bonchev–Trinajstić information content (AvgIpc) is 3.43. The van der Waals surface area contributed by atoms with Crippen LogP contribution in [0.4, 0.5) is 4.79 Å². The highest BCUT2D eigenvalue weighted by Crippen LogP contribution is 2.30. The second kappa shape index (κ2) is 15.1. The van der Waals surface area contributed by atoms with E-state index in [1.54, 1.807) is 29.2 Å². The molecule has 2 heterocycles. The first-order valence-electron chi connectivity index (χ1n) is 16.7. The zero-order valence-corrected chi connectivity index (χ0v) is 28.7. The van der Waals surface area contributed by atoms with E-state index >= 15 is 0 Å². The molecule has 1 aromatic heterocycles. The summed E-state index contributed by atoms with van der Waals surface area (Å²) in [4.78, 5) is 43.0. The normalized spacial score (nSPS) is 15.6. The van der Waals surface area contributed by atoms with Crippen molar-refractivity contribution >= 4 is 33.1 Å².